The van der Waals surface area contributed by atoms with E-state index in [1.165, 1.54) is 0 Å². The zero-order valence-electron chi connectivity index (χ0n) is 8.00. The van der Waals surface area contributed by atoms with Crippen LogP contribution in [0, 0.1) is 6.92 Å². The summed E-state index contributed by atoms with van der Waals surface area (Å²) in [5.74, 6) is 1.38. The molecular formula is C8H13N3O2. The van der Waals surface area contributed by atoms with E-state index in [9.17, 15) is 0 Å². The van der Waals surface area contributed by atoms with Crippen LogP contribution in [-0.2, 0) is 11.4 Å². The van der Waals surface area contributed by atoms with Crippen molar-refractivity contribution in [3.05, 3.63) is 17.7 Å². The average Bonchev–Trinajstić information content (AvgIpc) is 2.15. The first-order chi connectivity index (χ1) is 6.27. The summed E-state index contributed by atoms with van der Waals surface area (Å²) < 4.78 is 5.08. The molecule has 1 heterocycles. The number of nitrogens with one attached hydrogen (secondary N) is 1. The summed E-state index contributed by atoms with van der Waals surface area (Å²) in [6.07, 6.45) is 1.65. The third kappa shape index (κ3) is 2.64. The first-order valence-corrected chi connectivity index (χ1v) is 3.90. The molecule has 0 saturated heterocycles. The van der Waals surface area contributed by atoms with Gasteiger partial charge >= 0.3 is 0 Å². The van der Waals surface area contributed by atoms with Crippen LogP contribution in [-0.4, -0.2) is 24.2 Å². The molecule has 0 saturated carbocycles. The van der Waals surface area contributed by atoms with Gasteiger partial charge in [0.25, 0.3) is 0 Å². The molecule has 72 valence electrons. The summed E-state index contributed by atoms with van der Waals surface area (Å²) in [7, 11) is 3.14. The van der Waals surface area contributed by atoms with E-state index in [0.717, 1.165) is 5.69 Å². The minimum atomic E-state index is 0.503. The summed E-state index contributed by atoms with van der Waals surface area (Å²) in [6, 6.07) is 0. The fourth-order valence-electron chi connectivity index (χ4n) is 0.944. The standard InChI is InChI=1S/C8H13N3O2/c1-6-9-5-8(12-2)7(11-6)4-10-13-3/h5,10H,4H2,1-3H3. The molecule has 0 spiro atoms. The van der Waals surface area contributed by atoms with Gasteiger partial charge in [0.05, 0.1) is 27.0 Å². The van der Waals surface area contributed by atoms with Gasteiger partial charge in [-0.1, -0.05) is 0 Å². The quantitative estimate of drug-likeness (QED) is 0.686. The van der Waals surface area contributed by atoms with E-state index < -0.39 is 0 Å². The molecular weight excluding hydrogens is 170 g/mol. The molecule has 0 atom stereocenters. The van der Waals surface area contributed by atoms with E-state index in [1.807, 2.05) is 6.92 Å². The van der Waals surface area contributed by atoms with Crippen LogP contribution >= 0.6 is 0 Å². The third-order valence-corrected chi connectivity index (χ3v) is 1.55. The van der Waals surface area contributed by atoms with E-state index in [2.05, 4.69) is 15.4 Å². The van der Waals surface area contributed by atoms with Crippen LogP contribution in [0.15, 0.2) is 6.20 Å². The van der Waals surface area contributed by atoms with Crippen molar-refractivity contribution in [2.75, 3.05) is 14.2 Å². The van der Waals surface area contributed by atoms with Gasteiger partial charge in [0.1, 0.15) is 11.5 Å². The Kier molecular flexibility index (Phi) is 3.60. The van der Waals surface area contributed by atoms with Crippen LogP contribution < -0.4 is 10.2 Å². The Hall–Kier alpha value is -1.20. The number of aryl methyl sites for hydroxylation is 1. The monoisotopic (exact) mass is 183 g/mol. The molecule has 0 aliphatic heterocycles. The number of hydrogen-bond donors (Lipinski definition) is 1. The van der Waals surface area contributed by atoms with Crippen molar-refractivity contribution < 1.29 is 9.57 Å². The second-order valence-corrected chi connectivity index (χ2v) is 2.46. The molecule has 1 aromatic rings. The minimum absolute atomic E-state index is 0.503. The molecule has 0 aromatic carbocycles. The van der Waals surface area contributed by atoms with Crippen molar-refractivity contribution in [3.63, 3.8) is 0 Å². The van der Waals surface area contributed by atoms with E-state index in [4.69, 9.17) is 9.57 Å². The maximum Gasteiger partial charge on any atom is 0.160 e. The van der Waals surface area contributed by atoms with Gasteiger partial charge in [-0.25, -0.2) is 9.97 Å². The number of rotatable bonds is 4. The van der Waals surface area contributed by atoms with Crippen molar-refractivity contribution in [1.82, 2.24) is 15.4 Å². The fraction of sp³-hybridized carbons (Fsp3) is 0.500. The zero-order valence-corrected chi connectivity index (χ0v) is 8.00. The minimum Gasteiger partial charge on any atom is -0.493 e. The molecule has 0 amide bonds. The summed E-state index contributed by atoms with van der Waals surface area (Å²) >= 11 is 0. The van der Waals surface area contributed by atoms with Crippen LogP contribution in [0.3, 0.4) is 0 Å². The number of hydrogen-bond acceptors (Lipinski definition) is 5. The molecule has 0 bridgehead atoms. The molecule has 0 unspecified atom stereocenters. The molecule has 0 radical (unpaired) electrons. The lowest BCUT2D eigenvalue weighted by atomic mass is 10.3. The van der Waals surface area contributed by atoms with E-state index in [1.54, 1.807) is 20.4 Å². The highest BCUT2D eigenvalue weighted by molar-refractivity contribution is 5.24. The number of methoxy groups -OCH3 is 1. The fourth-order valence-corrected chi connectivity index (χ4v) is 0.944. The maximum absolute atomic E-state index is 5.08. The molecule has 0 fully saturated rings. The topological polar surface area (TPSA) is 56.3 Å². The highest BCUT2D eigenvalue weighted by Crippen LogP contribution is 2.13. The van der Waals surface area contributed by atoms with Gasteiger partial charge in [-0.3, -0.25) is 0 Å². The Labute approximate surface area is 77.1 Å². The largest absolute Gasteiger partial charge is 0.493 e. The molecule has 5 nitrogen and oxygen atoms in total. The number of nitrogens with zero attached hydrogens (tertiary/aromatic N) is 2. The predicted molar refractivity (Wildman–Crippen MR) is 47.2 cm³/mol. The van der Waals surface area contributed by atoms with Gasteiger partial charge in [0.15, 0.2) is 5.75 Å². The van der Waals surface area contributed by atoms with Crippen molar-refractivity contribution in [2.24, 2.45) is 0 Å². The van der Waals surface area contributed by atoms with Crippen molar-refractivity contribution in [1.29, 1.82) is 0 Å². The smallest absolute Gasteiger partial charge is 0.160 e. The summed E-state index contributed by atoms with van der Waals surface area (Å²) in [6.45, 7) is 2.33. The van der Waals surface area contributed by atoms with Crippen molar-refractivity contribution in [3.8, 4) is 5.75 Å². The Balaban J connectivity index is 2.81. The van der Waals surface area contributed by atoms with Crippen LogP contribution in [0.4, 0.5) is 0 Å². The Morgan fingerprint density at radius 2 is 2.23 bits per heavy atom. The highest BCUT2D eigenvalue weighted by Gasteiger charge is 2.04. The molecule has 1 aromatic heterocycles. The van der Waals surface area contributed by atoms with Crippen LogP contribution in [0.25, 0.3) is 0 Å². The number of aromatic nitrogens is 2. The molecule has 13 heavy (non-hydrogen) atoms. The average molecular weight is 183 g/mol. The van der Waals surface area contributed by atoms with Gasteiger partial charge in [0.2, 0.25) is 0 Å². The summed E-state index contributed by atoms with van der Waals surface area (Å²) in [5, 5.41) is 0. The van der Waals surface area contributed by atoms with Crippen LogP contribution in [0.1, 0.15) is 11.5 Å². The van der Waals surface area contributed by atoms with Gasteiger partial charge < -0.3 is 9.57 Å². The first kappa shape index (κ1) is 9.88. The Morgan fingerprint density at radius 3 is 2.85 bits per heavy atom. The Bertz CT molecular complexity index is 278. The molecule has 5 heteroatoms. The SMILES string of the molecule is CONCc1nc(C)ncc1OC. The van der Waals surface area contributed by atoms with Crippen LogP contribution in [0.5, 0.6) is 5.75 Å². The van der Waals surface area contributed by atoms with Gasteiger partial charge in [-0.05, 0) is 6.92 Å². The predicted octanol–water partition coefficient (Wildman–Crippen LogP) is 0.445. The second-order valence-electron chi connectivity index (χ2n) is 2.46. The number of ether oxygens (including phenoxy) is 1. The van der Waals surface area contributed by atoms with Gasteiger partial charge in [-0.2, -0.15) is 5.48 Å². The molecule has 1 N–H and O–H groups in total. The normalized spacial score (nSPS) is 10.1. The molecule has 0 aliphatic rings. The van der Waals surface area contributed by atoms with E-state index in [-0.39, 0.29) is 0 Å². The van der Waals surface area contributed by atoms with Crippen LogP contribution in [0.2, 0.25) is 0 Å². The van der Waals surface area contributed by atoms with Gasteiger partial charge in [0, 0.05) is 0 Å². The lowest BCUT2D eigenvalue weighted by Crippen LogP contribution is -2.13. The van der Waals surface area contributed by atoms with Crippen molar-refractivity contribution in [2.45, 2.75) is 13.5 Å². The van der Waals surface area contributed by atoms with E-state index >= 15 is 0 Å². The lowest BCUT2D eigenvalue weighted by Gasteiger charge is -2.07. The van der Waals surface area contributed by atoms with Gasteiger partial charge in [-0.15, -0.1) is 0 Å². The van der Waals surface area contributed by atoms with E-state index in [0.29, 0.717) is 18.1 Å². The Morgan fingerprint density at radius 1 is 1.46 bits per heavy atom. The molecule has 1 rings (SSSR count). The summed E-state index contributed by atoms with van der Waals surface area (Å²) in [4.78, 5) is 12.9. The number of hydroxylamine groups is 1. The summed E-state index contributed by atoms with van der Waals surface area (Å²) in [5.41, 5.74) is 3.48. The second kappa shape index (κ2) is 4.74. The van der Waals surface area contributed by atoms with Crippen molar-refractivity contribution >= 4 is 0 Å². The zero-order chi connectivity index (χ0) is 9.68. The maximum atomic E-state index is 5.08. The molecule has 0 aliphatic carbocycles. The highest BCUT2D eigenvalue weighted by atomic mass is 16.6. The lowest BCUT2D eigenvalue weighted by molar-refractivity contribution is 0.0851. The first-order valence-electron chi connectivity index (χ1n) is 3.90. The third-order valence-electron chi connectivity index (χ3n) is 1.55.